The average Bonchev–Trinajstić information content (AvgIpc) is 2.57. The SMILES string of the molecule is C=C.C=C.C=C.C=C(C)C(=O)OCCNC(=O)OOOOC. The summed E-state index contributed by atoms with van der Waals surface area (Å²) < 4.78 is 4.67. The summed E-state index contributed by atoms with van der Waals surface area (Å²) >= 11 is 0. The Balaban J connectivity index is -0.000000238. The molecule has 1 amide bonds. The molecule has 8 heteroatoms. The fraction of sp³-hybridized carbons (Fsp3) is 0.286. The number of nitrogens with one attached hydrogen (secondary N) is 1. The molecule has 0 spiro atoms. The van der Waals surface area contributed by atoms with E-state index in [0.29, 0.717) is 0 Å². The van der Waals surface area contributed by atoms with Gasteiger partial charge in [-0.3, -0.25) is 0 Å². The van der Waals surface area contributed by atoms with Gasteiger partial charge in [-0.05, 0) is 12.0 Å². The zero-order valence-electron chi connectivity index (χ0n) is 13.2. The number of carbonyl (C=O) groups excluding carboxylic acids is 2. The van der Waals surface area contributed by atoms with E-state index in [1.54, 1.807) is 0 Å². The second-order valence-electron chi connectivity index (χ2n) is 2.52. The largest absolute Gasteiger partial charge is 0.460 e. The van der Waals surface area contributed by atoms with Crippen molar-refractivity contribution in [1.82, 2.24) is 5.32 Å². The normalized spacial score (nSPS) is 7.36. The Morgan fingerprint density at radius 1 is 1.00 bits per heavy atom. The summed E-state index contributed by atoms with van der Waals surface area (Å²) in [7, 11) is 1.17. The number of ether oxygens (including phenoxy) is 1. The molecule has 0 saturated carbocycles. The first-order chi connectivity index (χ1) is 10.6. The van der Waals surface area contributed by atoms with Crippen molar-refractivity contribution in [2.45, 2.75) is 6.92 Å². The Hall–Kier alpha value is -2.42. The van der Waals surface area contributed by atoms with Crippen LogP contribution in [0.4, 0.5) is 4.79 Å². The molecule has 22 heavy (non-hydrogen) atoms. The van der Waals surface area contributed by atoms with Crippen molar-refractivity contribution >= 4 is 12.1 Å². The summed E-state index contributed by atoms with van der Waals surface area (Å²) in [4.78, 5) is 29.6. The van der Waals surface area contributed by atoms with E-state index in [1.807, 2.05) is 0 Å². The van der Waals surface area contributed by atoms with Gasteiger partial charge in [-0.1, -0.05) is 6.58 Å². The number of rotatable bonds is 7. The van der Waals surface area contributed by atoms with Gasteiger partial charge in [0.2, 0.25) is 0 Å². The molecular weight excluding hydrogens is 294 g/mol. The smallest absolute Gasteiger partial charge is 0.442 e. The van der Waals surface area contributed by atoms with Crippen molar-refractivity contribution in [3.63, 3.8) is 0 Å². The van der Waals surface area contributed by atoms with E-state index < -0.39 is 12.1 Å². The topological polar surface area (TPSA) is 92.3 Å². The van der Waals surface area contributed by atoms with Crippen LogP contribution < -0.4 is 5.32 Å². The lowest BCUT2D eigenvalue weighted by atomic mass is 10.4. The zero-order chi connectivity index (χ0) is 18.4. The first-order valence-electron chi connectivity index (χ1n) is 5.72. The Morgan fingerprint density at radius 3 is 1.91 bits per heavy atom. The number of hydrogen-bond acceptors (Lipinski definition) is 7. The molecule has 0 aliphatic heterocycles. The maximum Gasteiger partial charge on any atom is 0.442 e. The second kappa shape index (κ2) is 27.0. The molecule has 8 nitrogen and oxygen atoms in total. The van der Waals surface area contributed by atoms with E-state index in [-0.39, 0.29) is 18.7 Å². The van der Waals surface area contributed by atoms with E-state index >= 15 is 0 Å². The van der Waals surface area contributed by atoms with Crippen LogP contribution in [0.2, 0.25) is 0 Å². The highest BCUT2D eigenvalue weighted by Gasteiger charge is 2.05. The van der Waals surface area contributed by atoms with E-state index in [0.717, 1.165) is 0 Å². The average molecular weight is 319 g/mol. The maximum absolute atomic E-state index is 10.9. The standard InChI is InChI=1S/C8H13NO7.3C2H4/c1-6(2)7(10)13-5-4-9-8(11)14-16-15-12-3;3*1-2/h1,4-5H2,2-3H3,(H,9,11);3*1-2H2. The third-order valence-corrected chi connectivity index (χ3v) is 1.16. The summed E-state index contributed by atoms with van der Waals surface area (Å²) in [6.07, 6.45) is -0.913. The van der Waals surface area contributed by atoms with Gasteiger partial charge in [-0.15, -0.1) is 39.5 Å². The van der Waals surface area contributed by atoms with Crippen LogP contribution in [0.3, 0.4) is 0 Å². The van der Waals surface area contributed by atoms with Crippen LogP contribution in [0.15, 0.2) is 51.6 Å². The van der Waals surface area contributed by atoms with Gasteiger partial charge in [0.1, 0.15) is 6.61 Å². The Kier molecular flexibility index (Phi) is 34.2. The van der Waals surface area contributed by atoms with Crippen LogP contribution in [0, 0.1) is 0 Å². The first-order valence-corrected chi connectivity index (χ1v) is 5.72. The molecule has 128 valence electrons. The van der Waals surface area contributed by atoms with Crippen molar-refractivity contribution in [1.29, 1.82) is 0 Å². The summed E-state index contributed by atoms with van der Waals surface area (Å²) in [6.45, 7) is 23.0. The fourth-order valence-corrected chi connectivity index (χ4v) is 0.522. The van der Waals surface area contributed by atoms with Crippen LogP contribution in [0.5, 0.6) is 0 Å². The minimum Gasteiger partial charge on any atom is -0.460 e. The van der Waals surface area contributed by atoms with Crippen LogP contribution in [-0.2, 0) is 29.4 Å². The van der Waals surface area contributed by atoms with Crippen LogP contribution in [0.25, 0.3) is 0 Å². The molecule has 0 aliphatic carbocycles. The van der Waals surface area contributed by atoms with Crippen molar-refractivity contribution in [2.24, 2.45) is 0 Å². The van der Waals surface area contributed by atoms with E-state index in [9.17, 15) is 9.59 Å². The fourth-order valence-electron chi connectivity index (χ4n) is 0.522. The number of amides is 1. The molecule has 0 unspecified atom stereocenters. The van der Waals surface area contributed by atoms with Crippen LogP contribution in [0.1, 0.15) is 6.92 Å². The number of hydrogen-bond donors (Lipinski definition) is 1. The van der Waals surface area contributed by atoms with Gasteiger partial charge >= 0.3 is 12.1 Å². The number of esters is 1. The Bertz CT molecular complexity index is 290. The molecule has 0 aromatic carbocycles. The van der Waals surface area contributed by atoms with E-state index in [4.69, 9.17) is 0 Å². The summed E-state index contributed by atoms with van der Waals surface area (Å²) in [5.74, 6) is -0.533. The molecule has 0 bridgehead atoms. The lowest BCUT2D eigenvalue weighted by molar-refractivity contribution is -0.609. The van der Waals surface area contributed by atoms with Gasteiger partial charge in [0.15, 0.2) is 0 Å². The lowest BCUT2D eigenvalue weighted by Gasteiger charge is -2.05. The van der Waals surface area contributed by atoms with Gasteiger partial charge in [0, 0.05) is 10.6 Å². The van der Waals surface area contributed by atoms with Crippen LogP contribution >= 0.6 is 0 Å². The lowest BCUT2D eigenvalue weighted by Crippen LogP contribution is -2.28. The highest BCUT2D eigenvalue weighted by Crippen LogP contribution is 1.90. The molecular formula is C14H25NO7. The quantitative estimate of drug-likeness (QED) is 0.192. The monoisotopic (exact) mass is 319 g/mol. The summed E-state index contributed by atoms with van der Waals surface area (Å²) in [5, 5.41) is 9.81. The van der Waals surface area contributed by atoms with Crippen molar-refractivity contribution in [3.8, 4) is 0 Å². The van der Waals surface area contributed by atoms with Gasteiger partial charge in [-0.2, -0.15) is 0 Å². The first kappa shape index (κ1) is 27.8. The molecule has 0 aromatic rings. The van der Waals surface area contributed by atoms with Crippen molar-refractivity contribution < 1.29 is 34.2 Å². The Morgan fingerprint density at radius 2 is 1.50 bits per heavy atom. The maximum atomic E-state index is 10.9. The van der Waals surface area contributed by atoms with Crippen LogP contribution in [-0.4, -0.2) is 32.3 Å². The molecule has 0 rings (SSSR count). The minimum atomic E-state index is -0.913. The minimum absolute atomic E-state index is 0.00801. The predicted molar refractivity (Wildman–Crippen MR) is 83.2 cm³/mol. The predicted octanol–water partition coefficient (Wildman–Crippen LogP) is 2.66. The molecule has 1 N–H and O–H groups in total. The molecule has 0 aliphatic rings. The zero-order valence-corrected chi connectivity index (χ0v) is 13.2. The Labute approximate surface area is 131 Å². The third kappa shape index (κ3) is 26.2. The molecule has 0 heterocycles. The summed E-state index contributed by atoms with van der Waals surface area (Å²) in [5.41, 5.74) is 0.277. The molecule has 0 aromatic heterocycles. The summed E-state index contributed by atoms with van der Waals surface area (Å²) in [6, 6.07) is 0. The molecule has 0 atom stereocenters. The van der Waals surface area contributed by atoms with Gasteiger partial charge in [0.25, 0.3) is 0 Å². The third-order valence-electron chi connectivity index (χ3n) is 1.16. The number of carbonyl (C=O) groups is 2. The van der Waals surface area contributed by atoms with Gasteiger partial charge < -0.3 is 10.1 Å². The second-order valence-corrected chi connectivity index (χ2v) is 2.52. The van der Waals surface area contributed by atoms with Crippen molar-refractivity contribution in [3.05, 3.63) is 51.6 Å². The molecule has 0 radical (unpaired) electrons. The van der Waals surface area contributed by atoms with Crippen molar-refractivity contribution in [2.75, 3.05) is 20.3 Å². The highest BCUT2D eigenvalue weighted by atomic mass is 17.7. The van der Waals surface area contributed by atoms with E-state index in [1.165, 1.54) is 14.0 Å². The van der Waals surface area contributed by atoms with E-state index in [2.05, 4.69) is 76.0 Å². The molecule has 0 saturated heterocycles. The molecule has 0 fully saturated rings. The highest BCUT2D eigenvalue weighted by molar-refractivity contribution is 5.86. The van der Waals surface area contributed by atoms with Gasteiger partial charge in [-0.25, -0.2) is 19.4 Å². The van der Waals surface area contributed by atoms with Gasteiger partial charge in [0.05, 0.1) is 13.7 Å².